The minimum absolute atomic E-state index is 0.0891. The zero-order chi connectivity index (χ0) is 18.1. The molecule has 1 N–H and O–H groups in total. The molecule has 2 heterocycles. The van der Waals surface area contributed by atoms with Gasteiger partial charge < -0.3 is 19.4 Å². The summed E-state index contributed by atoms with van der Waals surface area (Å²) >= 11 is 0. The van der Waals surface area contributed by atoms with Gasteiger partial charge in [-0.2, -0.15) is 0 Å². The highest BCUT2D eigenvalue weighted by Crippen LogP contribution is 2.33. The summed E-state index contributed by atoms with van der Waals surface area (Å²) in [5, 5.41) is 3.01. The van der Waals surface area contributed by atoms with E-state index in [9.17, 15) is 4.79 Å². The zero-order valence-electron chi connectivity index (χ0n) is 14.9. The maximum absolute atomic E-state index is 12.6. The van der Waals surface area contributed by atoms with Gasteiger partial charge in [0.05, 0.1) is 30.6 Å². The van der Waals surface area contributed by atoms with Crippen molar-refractivity contribution in [2.24, 2.45) is 0 Å². The van der Waals surface area contributed by atoms with Crippen molar-refractivity contribution in [2.75, 3.05) is 18.5 Å². The minimum atomic E-state index is -0.0891. The van der Waals surface area contributed by atoms with Crippen LogP contribution < -0.4 is 14.8 Å². The summed E-state index contributed by atoms with van der Waals surface area (Å²) in [7, 11) is 0. The zero-order valence-corrected chi connectivity index (χ0v) is 14.9. The molecule has 0 fully saturated rings. The standard InChI is InChI=1S/C20H21N3O3/c1-13-5-3-6-14(2)20(13)22-19(24)11-23-12-21-15-9-17-18(10-16(15)23)26-8-4-7-25-17/h3,5-6,9-10,12H,4,7-8,11H2,1-2H3,(H,22,24). The predicted molar refractivity (Wildman–Crippen MR) is 99.9 cm³/mol. The first-order valence-corrected chi connectivity index (χ1v) is 8.72. The third-order valence-corrected chi connectivity index (χ3v) is 4.55. The third kappa shape index (κ3) is 3.10. The SMILES string of the molecule is Cc1cccc(C)c1NC(=O)Cn1cnc2cc3c(cc21)OCCCO3. The predicted octanol–water partition coefficient (Wildman–Crippen LogP) is 3.45. The monoisotopic (exact) mass is 351 g/mol. The Bertz CT molecular complexity index is 958. The first-order valence-electron chi connectivity index (χ1n) is 8.72. The fourth-order valence-corrected chi connectivity index (χ4v) is 3.19. The van der Waals surface area contributed by atoms with E-state index in [4.69, 9.17) is 9.47 Å². The van der Waals surface area contributed by atoms with Crippen molar-refractivity contribution >= 4 is 22.6 Å². The molecule has 3 aromatic rings. The minimum Gasteiger partial charge on any atom is -0.489 e. The largest absolute Gasteiger partial charge is 0.489 e. The fourth-order valence-electron chi connectivity index (χ4n) is 3.19. The van der Waals surface area contributed by atoms with Gasteiger partial charge >= 0.3 is 0 Å². The number of amides is 1. The first-order chi connectivity index (χ1) is 12.6. The van der Waals surface area contributed by atoms with Gasteiger partial charge in [0, 0.05) is 24.2 Å². The van der Waals surface area contributed by atoms with E-state index in [2.05, 4.69) is 10.3 Å². The molecule has 0 radical (unpaired) electrons. The summed E-state index contributed by atoms with van der Waals surface area (Å²) in [5.41, 5.74) is 4.60. The van der Waals surface area contributed by atoms with E-state index in [1.54, 1.807) is 6.33 Å². The van der Waals surface area contributed by atoms with Gasteiger partial charge in [0.1, 0.15) is 6.54 Å². The second-order valence-corrected chi connectivity index (χ2v) is 6.53. The highest BCUT2D eigenvalue weighted by molar-refractivity contribution is 5.93. The normalized spacial score (nSPS) is 13.5. The molecule has 0 spiro atoms. The second kappa shape index (κ2) is 6.71. The van der Waals surface area contributed by atoms with Gasteiger partial charge in [-0.05, 0) is 25.0 Å². The fraction of sp³-hybridized carbons (Fsp3) is 0.300. The van der Waals surface area contributed by atoms with Crippen molar-refractivity contribution in [2.45, 2.75) is 26.8 Å². The van der Waals surface area contributed by atoms with Crippen LogP contribution in [0.3, 0.4) is 0 Å². The molecule has 1 aliphatic heterocycles. The van der Waals surface area contributed by atoms with Crippen molar-refractivity contribution < 1.29 is 14.3 Å². The lowest BCUT2D eigenvalue weighted by Gasteiger charge is -2.12. The number of rotatable bonds is 3. The molecule has 6 nitrogen and oxygen atoms in total. The number of para-hydroxylation sites is 1. The number of hydrogen-bond acceptors (Lipinski definition) is 4. The summed E-state index contributed by atoms with van der Waals surface area (Å²) < 4.78 is 13.3. The molecule has 134 valence electrons. The van der Waals surface area contributed by atoms with Crippen LogP contribution in [0.1, 0.15) is 17.5 Å². The van der Waals surface area contributed by atoms with Gasteiger partial charge in [0.2, 0.25) is 5.91 Å². The number of anilines is 1. The van der Waals surface area contributed by atoms with Crippen LogP contribution >= 0.6 is 0 Å². The van der Waals surface area contributed by atoms with Crippen LogP contribution in [0.2, 0.25) is 0 Å². The van der Waals surface area contributed by atoms with Crippen molar-refractivity contribution in [1.82, 2.24) is 9.55 Å². The molecule has 0 atom stereocenters. The van der Waals surface area contributed by atoms with E-state index < -0.39 is 0 Å². The molecule has 26 heavy (non-hydrogen) atoms. The van der Waals surface area contributed by atoms with Crippen LogP contribution in [-0.4, -0.2) is 28.7 Å². The number of benzene rings is 2. The van der Waals surface area contributed by atoms with E-state index >= 15 is 0 Å². The highest BCUT2D eigenvalue weighted by atomic mass is 16.5. The van der Waals surface area contributed by atoms with Gasteiger partial charge in [-0.1, -0.05) is 18.2 Å². The van der Waals surface area contributed by atoms with Crippen LogP contribution in [0.5, 0.6) is 11.5 Å². The molecule has 4 rings (SSSR count). The Kier molecular flexibility index (Phi) is 4.24. The first kappa shape index (κ1) is 16.4. The molecular weight excluding hydrogens is 330 g/mol. The molecule has 0 saturated carbocycles. The van der Waals surface area contributed by atoms with E-state index in [1.165, 1.54) is 0 Å². The number of ether oxygens (including phenoxy) is 2. The molecular formula is C20H21N3O3. The number of nitrogens with zero attached hydrogens (tertiary/aromatic N) is 2. The molecule has 0 saturated heterocycles. The Morgan fingerprint density at radius 1 is 1.15 bits per heavy atom. The number of fused-ring (bicyclic) bond motifs is 2. The van der Waals surface area contributed by atoms with E-state index in [0.717, 1.165) is 34.3 Å². The summed E-state index contributed by atoms with van der Waals surface area (Å²) in [4.78, 5) is 17.0. The average Bonchev–Trinajstić information content (AvgIpc) is 2.85. The van der Waals surface area contributed by atoms with Gasteiger partial charge in [0.15, 0.2) is 11.5 Å². The molecule has 0 bridgehead atoms. The molecule has 1 aliphatic rings. The number of carbonyl (C=O) groups is 1. The van der Waals surface area contributed by atoms with E-state index in [-0.39, 0.29) is 12.5 Å². The van der Waals surface area contributed by atoms with Gasteiger partial charge in [-0.3, -0.25) is 4.79 Å². The lowest BCUT2D eigenvalue weighted by atomic mass is 10.1. The molecule has 0 unspecified atom stereocenters. The number of nitrogens with one attached hydrogen (secondary N) is 1. The topological polar surface area (TPSA) is 65.4 Å². The number of imidazole rings is 1. The maximum Gasteiger partial charge on any atom is 0.244 e. The number of aromatic nitrogens is 2. The Balaban J connectivity index is 1.59. The van der Waals surface area contributed by atoms with Gasteiger partial charge in [-0.25, -0.2) is 4.98 Å². The average molecular weight is 351 g/mol. The second-order valence-electron chi connectivity index (χ2n) is 6.53. The Morgan fingerprint density at radius 2 is 1.85 bits per heavy atom. The third-order valence-electron chi connectivity index (χ3n) is 4.55. The summed E-state index contributed by atoms with van der Waals surface area (Å²) in [5.74, 6) is 1.32. The highest BCUT2D eigenvalue weighted by Gasteiger charge is 2.16. The van der Waals surface area contributed by atoms with Crippen LogP contribution in [-0.2, 0) is 11.3 Å². The summed E-state index contributed by atoms with van der Waals surface area (Å²) in [6.07, 6.45) is 2.53. The summed E-state index contributed by atoms with van der Waals surface area (Å²) in [6, 6.07) is 9.73. The van der Waals surface area contributed by atoms with Gasteiger partial charge in [-0.15, -0.1) is 0 Å². The van der Waals surface area contributed by atoms with Crippen LogP contribution in [0.4, 0.5) is 5.69 Å². The molecule has 1 aromatic heterocycles. The lowest BCUT2D eigenvalue weighted by molar-refractivity contribution is -0.116. The molecule has 1 amide bonds. The van der Waals surface area contributed by atoms with Crippen molar-refractivity contribution in [3.05, 3.63) is 47.8 Å². The van der Waals surface area contributed by atoms with Crippen LogP contribution in [0, 0.1) is 13.8 Å². The smallest absolute Gasteiger partial charge is 0.244 e. The van der Waals surface area contributed by atoms with E-state index in [0.29, 0.717) is 24.7 Å². The van der Waals surface area contributed by atoms with Crippen LogP contribution in [0.15, 0.2) is 36.7 Å². The number of aryl methyl sites for hydroxylation is 2. The molecule has 0 aliphatic carbocycles. The quantitative estimate of drug-likeness (QED) is 0.785. The van der Waals surface area contributed by atoms with Crippen molar-refractivity contribution in [3.8, 4) is 11.5 Å². The van der Waals surface area contributed by atoms with E-state index in [1.807, 2.05) is 48.7 Å². The maximum atomic E-state index is 12.6. The van der Waals surface area contributed by atoms with Crippen molar-refractivity contribution in [1.29, 1.82) is 0 Å². The van der Waals surface area contributed by atoms with Crippen molar-refractivity contribution in [3.63, 3.8) is 0 Å². The lowest BCUT2D eigenvalue weighted by Crippen LogP contribution is -2.19. The summed E-state index contributed by atoms with van der Waals surface area (Å²) in [6.45, 7) is 5.42. The number of hydrogen-bond donors (Lipinski definition) is 1. The Hall–Kier alpha value is -3.02. The Morgan fingerprint density at radius 3 is 2.58 bits per heavy atom. The Labute approximate surface area is 151 Å². The molecule has 2 aromatic carbocycles. The number of carbonyl (C=O) groups excluding carboxylic acids is 1. The van der Waals surface area contributed by atoms with Gasteiger partial charge in [0.25, 0.3) is 0 Å². The molecule has 6 heteroatoms. The van der Waals surface area contributed by atoms with Crippen LogP contribution in [0.25, 0.3) is 11.0 Å².